The van der Waals surface area contributed by atoms with Gasteiger partial charge in [-0.1, -0.05) is 13.8 Å². The van der Waals surface area contributed by atoms with Gasteiger partial charge in [0, 0.05) is 13.0 Å². The Morgan fingerprint density at radius 2 is 2.11 bits per heavy atom. The lowest BCUT2D eigenvalue weighted by atomic mass is 9.94. The van der Waals surface area contributed by atoms with E-state index in [-0.39, 0.29) is 36.3 Å². The predicted molar refractivity (Wildman–Crippen MR) is 74.5 cm³/mol. The standard InChI is InChI=1S/C13H25NO4S/c1-10(2)7-13(3,16)9-14-12(15)6-11-4-5-19(17,18)8-11/h10-11,16H,4-9H2,1-3H3,(H,14,15). The quantitative estimate of drug-likeness (QED) is 0.755. The van der Waals surface area contributed by atoms with Crippen LogP contribution in [0.4, 0.5) is 0 Å². The normalized spacial score (nSPS) is 25.2. The van der Waals surface area contributed by atoms with Crippen LogP contribution < -0.4 is 5.32 Å². The van der Waals surface area contributed by atoms with E-state index < -0.39 is 15.4 Å². The Morgan fingerprint density at radius 3 is 2.58 bits per heavy atom. The molecule has 1 aliphatic rings. The molecule has 2 atom stereocenters. The Bertz CT molecular complexity index is 414. The van der Waals surface area contributed by atoms with Gasteiger partial charge in [0.2, 0.25) is 5.91 Å². The van der Waals surface area contributed by atoms with E-state index in [9.17, 15) is 18.3 Å². The molecule has 1 saturated heterocycles. The number of rotatable bonds is 6. The van der Waals surface area contributed by atoms with Gasteiger partial charge < -0.3 is 10.4 Å². The molecule has 0 aromatic heterocycles. The number of sulfone groups is 1. The molecule has 0 radical (unpaired) electrons. The summed E-state index contributed by atoms with van der Waals surface area (Å²) in [4.78, 5) is 11.7. The number of hydrogen-bond donors (Lipinski definition) is 2. The van der Waals surface area contributed by atoms with Gasteiger partial charge in [-0.25, -0.2) is 8.42 Å². The fourth-order valence-electron chi connectivity index (χ4n) is 2.61. The summed E-state index contributed by atoms with van der Waals surface area (Å²) in [5.41, 5.74) is -0.911. The van der Waals surface area contributed by atoms with E-state index in [0.29, 0.717) is 18.8 Å². The van der Waals surface area contributed by atoms with Crippen LogP contribution in [0.1, 0.15) is 40.0 Å². The van der Waals surface area contributed by atoms with E-state index in [1.165, 1.54) is 0 Å². The second-order valence-electron chi connectivity index (χ2n) is 6.34. The zero-order valence-corrected chi connectivity index (χ0v) is 12.8. The van der Waals surface area contributed by atoms with Gasteiger partial charge in [-0.15, -0.1) is 0 Å². The highest BCUT2D eigenvalue weighted by molar-refractivity contribution is 7.91. The summed E-state index contributed by atoms with van der Waals surface area (Å²) in [5, 5.41) is 12.8. The smallest absolute Gasteiger partial charge is 0.220 e. The molecule has 19 heavy (non-hydrogen) atoms. The Kier molecular flexibility index (Phi) is 5.38. The summed E-state index contributed by atoms with van der Waals surface area (Å²) in [6, 6.07) is 0. The zero-order chi connectivity index (χ0) is 14.7. The maximum absolute atomic E-state index is 11.7. The average molecular weight is 291 g/mol. The van der Waals surface area contributed by atoms with Crippen LogP contribution in [-0.2, 0) is 14.6 Å². The molecule has 2 N–H and O–H groups in total. The van der Waals surface area contributed by atoms with Gasteiger partial charge in [-0.05, 0) is 31.6 Å². The molecule has 112 valence electrons. The van der Waals surface area contributed by atoms with Gasteiger partial charge in [0.1, 0.15) is 0 Å². The molecule has 0 saturated carbocycles. The number of amides is 1. The lowest BCUT2D eigenvalue weighted by molar-refractivity contribution is -0.123. The maximum Gasteiger partial charge on any atom is 0.220 e. The van der Waals surface area contributed by atoms with E-state index in [2.05, 4.69) is 5.32 Å². The highest BCUT2D eigenvalue weighted by Gasteiger charge is 2.30. The average Bonchev–Trinajstić information content (AvgIpc) is 2.53. The first-order valence-corrected chi connectivity index (χ1v) is 8.61. The molecule has 0 spiro atoms. The van der Waals surface area contributed by atoms with Crippen molar-refractivity contribution in [3.63, 3.8) is 0 Å². The van der Waals surface area contributed by atoms with Crippen molar-refractivity contribution >= 4 is 15.7 Å². The minimum absolute atomic E-state index is 0.0694. The topological polar surface area (TPSA) is 83.5 Å². The van der Waals surface area contributed by atoms with Gasteiger partial charge in [0.05, 0.1) is 17.1 Å². The molecular weight excluding hydrogens is 266 g/mol. The molecule has 0 aromatic carbocycles. The maximum atomic E-state index is 11.7. The fourth-order valence-corrected chi connectivity index (χ4v) is 4.47. The SMILES string of the molecule is CC(C)CC(C)(O)CNC(=O)CC1CCS(=O)(=O)C1. The molecule has 5 nitrogen and oxygen atoms in total. The van der Waals surface area contributed by atoms with Crippen molar-refractivity contribution in [3.8, 4) is 0 Å². The van der Waals surface area contributed by atoms with Crippen LogP contribution in [0, 0.1) is 11.8 Å². The molecule has 1 fully saturated rings. The Hall–Kier alpha value is -0.620. The molecule has 0 aromatic rings. The fraction of sp³-hybridized carbons (Fsp3) is 0.923. The van der Waals surface area contributed by atoms with Crippen LogP contribution in [-0.4, -0.2) is 43.1 Å². The van der Waals surface area contributed by atoms with E-state index in [0.717, 1.165) is 0 Å². The van der Waals surface area contributed by atoms with Gasteiger partial charge in [-0.3, -0.25) is 4.79 Å². The molecule has 1 heterocycles. The van der Waals surface area contributed by atoms with Crippen molar-refractivity contribution in [2.75, 3.05) is 18.1 Å². The van der Waals surface area contributed by atoms with Gasteiger partial charge in [0.15, 0.2) is 9.84 Å². The Labute approximate surface area is 115 Å². The third-order valence-electron chi connectivity index (χ3n) is 3.32. The number of hydrogen-bond acceptors (Lipinski definition) is 4. The minimum atomic E-state index is -2.93. The highest BCUT2D eigenvalue weighted by Crippen LogP contribution is 2.21. The van der Waals surface area contributed by atoms with E-state index >= 15 is 0 Å². The summed E-state index contributed by atoms with van der Waals surface area (Å²) >= 11 is 0. The van der Waals surface area contributed by atoms with Crippen LogP contribution in [0.25, 0.3) is 0 Å². The minimum Gasteiger partial charge on any atom is -0.388 e. The van der Waals surface area contributed by atoms with Crippen LogP contribution in [0.15, 0.2) is 0 Å². The molecule has 6 heteroatoms. The molecule has 0 bridgehead atoms. The van der Waals surface area contributed by atoms with Crippen LogP contribution in [0.3, 0.4) is 0 Å². The second-order valence-corrected chi connectivity index (χ2v) is 8.57. The van der Waals surface area contributed by atoms with Crippen LogP contribution in [0.5, 0.6) is 0 Å². The first-order chi connectivity index (χ1) is 8.60. The van der Waals surface area contributed by atoms with Gasteiger partial charge in [0.25, 0.3) is 0 Å². The summed E-state index contributed by atoms with van der Waals surface area (Å²) < 4.78 is 22.6. The first kappa shape index (κ1) is 16.4. The number of carbonyl (C=O) groups excluding carboxylic acids is 1. The van der Waals surface area contributed by atoms with E-state index in [1.54, 1.807) is 6.92 Å². The molecule has 2 unspecified atom stereocenters. The highest BCUT2D eigenvalue weighted by atomic mass is 32.2. The predicted octanol–water partition coefficient (Wildman–Crippen LogP) is 0.725. The van der Waals surface area contributed by atoms with Crippen LogP contribution in [0.2, 0.25) is 0 Å². The number of aliphatic hydroxyl groups is 1. The van der Waals surface area contributed by atoms with Crippen molar-refractivity contribution in [1.29, 1.82) is 0 Å². The first-order valence-electron chi connectivity index (χ1n) is 6.79. The molecule has 1 amide bonds. The van der Waals surface area contributed by atoms with Crippen molar-refractivity contribution in [2.45, 2.75) is 45.6 Å². The zero-order valence-electron chi connectivity index (χ0n) is 12.0. The van der Waals surface area contributed by atoms with Crippen molar-refractivity contribution < 1.29 is 18.3 Å². The summed E-state index contributed by atoms with van der Waals surface area (Å²) in [6.07, 6.45) is 1.42. The third kappa shape index (κ3) is 6.38. The summed E-state index contributed by atoms with van der Waals surface area (Å²) in [5.74, 6) is 0.414. The summed E-state index contributed by atoms with van der Waals surface area (Å²) in [6.45, 7) is 5.94. The lowest BCUT2D eigenvalue weighted by Crippen LogP contribution is -2.42. The Morgan fingerprint density at radius 1 is 1.47 bits per heavy atom. The van der Waals surface area contributed by atoms with Crippen molar-refractivity contribution in [3.05, 3.63) is 0 Å². The summed E-state index contributed by atoms with van der Waals surface area (Å²) in [7, 11) is -2.93. The lowest BCUT2D eigenvalue weighted by Gasteiger charge is -2.25. The number of carbonyl (C=O) groups is 1. The molecule has 1 rings (SSSR count). The molecule has 0 aliphatic carbocycles. The second kappa shape index (κ2) is 6.22. The Balaban J connectivity index is 2.32. The van der Waals surface area contributed by atoms with E-state index in [1.807, 2.05) is 13.8 Å². The number of nitrogens with one attached hydrogen (secondary N) is 1. The molecule has 1 aliphatic heterocycles. The van der Waals surface area contributed by atoms with Crippen molar-refractivity contribution in [2.24, 2.45) is 11.8 Å². The van der Waals surface area contributed by atoms with Gasteiger partial charge >= 0.3 is 0 Å². The monoisotopic (exact) mass is 291 g/mol. The largest absolute Gasteiger partial charge is 0.388 e. The van der Waals surface area contributed by atoms with Crippen LogP contribution >= 0.6 is 0 Å². The van der Waals surface area contributed by atoms with E-state index in [4.69, 9.17) is 0 Å². The third-order valence-corrected chi connectivity index (χ3v) is 5.15. The molecular formula is C13H25NO4S. The van der Waals surface area contributed by atoms with Gasteiger partial charge in [-0.2, -0.15) is 0 Å². The van der Waals surface area contributed by atoms with Crippen molar-refractivity contribution in [1.82, 2.24) is 5.32 Å².